The molecule has 1 unspecified atom stereocenters. The van der Waals surface area contributed by atoms with E-state index in [1.54, 1.807) is 12.1 Å². The minimum absolute atomic E-state index is 0.0106. The molecule has 4 nitrogen and oxygen atoms in total. The van der Waals surface area contributed by atoms with Crippen LogP contribution in [0.4, 0.5) is 13.2 Å². The van der Waals surface area contributed by atoms with Crippen molar-refractivity contribution in [3.8, 4) is 0 Å². The second-order valence-corrected chi connectivity index (χ2v) is 6.76. The number of pyridine rings is 1. The summed E-state index contributed by atoms with van der Waals surface area (Å²) in [5.41, 5.74) is -0.208. The molecule has 1 aliphatic heterocycles. The number of aromatic nitrogens is 1. The van der Waals surface area contributed by atoms with Crippen LogP contribution < -0.4 is 10.6 Å². The molecule has 1 aromatic carbocycles. The van der Waals surface area contributed by atoms with Crippen molar-refractivity contribution < 1.29 is 18.0 Å². The van der Waals surface area contributed by atoms with Crippen LogP contribution in [-0.2, 0) is 6.18 Å². The SMILES string of the molecule is O=C(NCC1CCN1)c1ccc2cc(C3CC3)cc(C(F)(F)F)c2n1. The number of nitrogens with one attached hydrogen (secondary N) is 2. The Balaban J connectivity index is 1.68. The van der Waals surface area contributed by atoms with Crippen molar-refractivity contribution >= 4 is 16.8 Å². The number of hydrogen-bond donors (Lipinski definition) is 2. The molecular formula is C18H18F3N3O. The number of carbonyl (C=O) groups is 1. The summed E-state index contributed by atoms with van der Waals surface area (Å²) in [5.74, 6) is -0.238. The van der Waals surface area contributed by atoms with Gasteiger partial charge >= 0.3 is 6.18 Å². The van der Waals surface area contributed by atoms with Crippen LogP contribution in [0.2, 0.25) is 0 Å². The predicted octanol–water partition coefficient (Wildman–Crippen LogP) is 3.22. The average molecular weight is 349 g/mol. The van der Waals surface area contributed by atoms with Crippen molar-refractivity contribution in [2.45, 2.75) is 37.4 Å². The molecule has 1 aromatic heterocycles. The number of alkyl halides is 3. The van der Waals surface area contributed by atoms with Gasteiger partial charge in [-0.15, -0.1) is 0 Å². The molecule has 0 radical (unpaired) electrons. The molecule has 7 heteroatoms. The first-order valence-electron chi connectivity index (χ1n) is 8.45. The summed E-state index contributed by atoms with van der Waals surface area (Å²) < 4.78 is 40.4. The number of hydrogen-bond acceptors (Lipinski definition) is 3. The Morgan fingerprint density at radius 3 is 2.60 bits per heavy atom. The molecule has 2 fully saturated rings. The number of halogens is 3. The summed E-state index contributed by atoms with van der Waals surface area (Å²) >= 11 is 0. The van der Waals surface area contributed by atoms with Gasteiger partial charge in [0.25, 0.3) is 5.91 Å². The highest BCUT2D eigenvalue weighted by atomic mass is 19.4. The first-order valence-corrected chi connectivity index (χ1v) is 8.45. The van der Waals surface area contributed by atoms with Crippen molar-refractivity contribution in [2.75, 3.05) is 13.1 Å². The number of fused-ring (bicyclic) bond motifs is 1. The quantitative estimate of drug-likeness (QED) is 0.891. The molecule has 2 N–H and O–H groups in total. The van der Waals surface area contributed by atoms with Gasteiger partial charge in [-0.25, -0.2) is 4.98 Å². The summed E-state index contributed by atoms with van der Waals surface area (Å²) in [7, 11) is 0. The zero-order valence-corrected chi connectivity index (χ0v) is 13.5. The Kier molecular flexibility index (Phi) is 3.91. The molecule has 2 aromatic rings. The lowest BCUT2D eigenvalue weighted by Gasteiger charge is -2.27. The number of amides is 1. The first kappa shape index (κ1) is 16.3. The van der Waals surface area contributed by atoms with Gasteiger partial charge in [-0.1, -0.05) is 6.07 Å². The zero-order valence-electron chi connectivity index (χ0n) is 13.5. The lowest BCUT2D eigenvalue weighted by molar-refractivity contribution is -0.136. The fourth-order valence-electron chi connectivity index (χ4n) is 3.08. The number of benzene rings is 1. The largest absolute Gasteiger partial charge is 0.418 e. The van der Waals surface area contributed by atoms with Crippen molar-refractivity contribution in [1.82, 2.24) is 15.6 Å². The van der Waals surface area contributed by atoms with Crippen molar-refractivity contribution in [3.05, 3.63) is 41.1 Å². The molecule has 1 atom stereocenters. The minimum Gasteiger partial charge on any atom is -0.349 e. The summed E-state index contributed by atoms with van der Waals surface area (Å²) in [6.07, 6.45) is -1.67. The van der Waals surface area contributed by atoms with Gasteiger partial charge in [-0.2, -0.15) is 13.2 Å². The fourth-order valence-corrected chi connectivity index (χ4v) is 3.08. The molecule has 132 valence electrons. The van der Waals surface area contributed by atoms with Crippen LogP contribution in [0.25, 0.3) is 10.9 Å². The summed E-state index contributed by atoms with van der Waals surface area (Å²) in [6, 6.07) is 6.22. The molecule has 1 amide bonds. The first-order chi connectivity index (χ1) is 11.9. The average Bonchev–Trinajstić information content (AvgIpc) is 3.35. The Morgan fingerprint density at radius 2 is 2.00 bits per heavy atom. The van der Waals surface area contributed by atoms with Gasteiger partial charge < -0.3 is 10.6 Å². The lowest BCUT2D eigenvalue weighted by atomic mass is 10.0. The monoisotopic (exact) mass is 349 g/mol. The number of carbonyl (C=O) groups excluding carboxylic acids is 1. The van der Waals surface area contributed by atoms with Crippen LogP contribution >= 0.6 is 0 Å². The predicted molar refractivity (Wildman–Crippen MR) is 87.5 cm³/mol. The highest BCUT2D eigenvalue weighted by molar-refractivity contribution is 5.95. The maximum Gasteiger partial charge on any atom is 0.418 e. The van der Waals surface area contributed by atoms with Gasteiger partial charge in [0.05, 0.1) is 11.1 Å². The van der Waals surface area contributed by atoms with Gasteiger partial charge in [0.1, 0.15) is 5.69 Å². The molecule has 0 bridgehead atoms. The Labute approximate surface area is 142 Å². The molecule has 1 saturated carbocycles. The second kappa shape index (κ2) is 5.98. The zero-order chi connectivity index (χ0) is 17.6. The Bertz CT molecular complexity index is 826. The fraction of sp³-hybridized carbons (Fsp3) is 0.444. The van der Waals surface area contributed by atoms with Crippen LogP contribution in [0.1, 0.15) is 46.8 Å². The maximum absolute atomic E-state index is 13.5. The van der Waals surface area contributed by atoms with Crippen LogP contribution in [0.3, 0.4) is 0 Å². The van der Waals surface area contributed by atoms with Crippen LogP contribution in [0, 0.1) is 0 Å². The third-order valence-electron chi connectivity index (χ3n) is 4.84. The van der Waals surface area contributed by atoms with Gasteiger partial charge in [0, 0.05) is 18.0 Å². The maximum atomic E-state index is 13.5. The van der Waals surface area contributed by atoms with Gasteiger partial charge in [0.15, 0.2) is 0 Å². The van der Waals surface area contributed by atoms with E-state index in [9.17, 15) is 18.0 Å². The summed E-state index contributed by atoms with van der Waals surface area (Å²) in [6.45, 7) is 1.37. The minimum atomic E-state index is -4.50. The van der Waals surface area contributed by atoms with E-state index < -0.39 is 17.6 Å². The van der Waals surface area contributed by atoms with Crippen molar-refractivity contribution in [3.63, 3.8) is 0 Å². The summed E-state index contributed by atoms with van der Waals surface area (Å²) in [4.78, 5) is 16.2. The van der Waals surface area contributed by atoms with E-state index in [2.05, 4.69) is 15.6 Å². The van der Waals surface area contributed by atoms with Crippen molar-refractivity contribution in [1.29, 1.82) is 0 Å². The van der Waals surface area contributed by atoms with Crippen LogP contribution in [0.5, 0.6) is 0 Å². The lowest BCUT2D eigenvalue weighted by Crippen LogP contribution is -2.50. The van der Waals surface area contributed by atoms with E-state index in [0.29, 0.717) is 17.5 Å². The highest BCUT2D eigenvalue weighted by Crippen LogP contribution is 2.44. The van der Waals surface area contributed by atoms with Crippen LogP contribution in [-0.4, -0.2) is 30.0 Å². The number of rotatable bonds is 4. The molecule has 2 heterocycles. The van der Waals surface area contributed by atoms with Crippen LogP contribution in [0.15, 0.2) is 24.3 Å². The molecule has 4 rings (SSSR count). The third-order valence-corrected chi connectivity index (χ3v) is 4.84. The molecular weight excluding hydrogens is 331 g/mol. The van der Waals surface area contributed by atoms with Gasteiger partial charge in [0.2, 0.25) is 0 Å². The molecule has 2 aliphatic rings. The Hall–Kier alpha value is -2.15. The van der Waals surface area contributed by atoms with Gasteiger partial charge in [-0.05, 0) is 55.5 Å². The van der Waals surface area contributed by atoms with Gasteiger partial charge in [-0.3, -0.25) is 4.79 Å². The van der Waals surface area contributed by atoms with E-state index in [1.165, 1.54) is 12.1 Å². The second-order valence-electron chi connectivity index (χ2n) is 6.76. The topological polar surface area (TPSA) is 54.0 Å². The molecule has 25 heavy (non-hydrogen) atoms. The third kappa shape index (κ3) is 3.33. The van der Waals surface area contributed by atoms with E-state index >= 15 is 0 Å². The highest BCUT2D eigenvalue weighted by Gasteiger charge is 2.36. The standard InChI is InChI=1S/C18H18F3N3O/c19-18(20,21)14-8-12(10-1-2-10)7-11-3-4-15(24-16(11)14)17(25)23-9-13-5-6-22-13/h3-4,7-8,10,13,22H,1-2,5-6,9H2,(H,23,25). The van der Waals surface area contributed by atoms with Crippen molar-refractivity contribution in [2.24, 2.45) is 0 Å². The van der Waals surface area contributed by atoms with E-state index in [-0.39, 0.29) is 23.2 Å². The molecule has 0 spiro atoms. The normalized spacial score (nSPS) is 20.4. The van der Waals surface area contributed by atoms with E-state index in [0.717, 1.165) is 25.8 Å². The Morgan fingerprint density at radius 1 is 1.24 bits per heavy atom. The van der Waals surface area contributed by atoms with E-state index in [4.69, 9.17) is 0 Å². The molecule has 1 aliphatic carbocycles. The smallest absolute Gasteiger partial charge is 0.349 e. The van der Waals surface area contributed by atoms with E-state index in [1.807, 2.05) is 0 Å². The summed E-state index contributed by atoms with van der Waals surface area (Å²) in [5, 5.41) is 6.29. The molecule has 1 saturated heterocycles. The number of nitrogens with zero attached hydrogens (tertiary/aromatic N) is 1.